The van der Waals surface area contributed by atoms with E-state index in [4.69, 9.17) is 103 Å². The van der Waals surface area contributed by atoms with Gasteiger partial charge in [-0.3, -0.25) is 9.59 Å². The number of Topliss-reactive ketones (excluding diaryl/α,β-unsaturated/α-hetero) is 2. The van der Waals surface area contributed by atoms with Crippen molar-refractivity contribution in [1.29, 1.82) is 0 Å². The zero-order chi connectivity index (χ0) is 73.8. The molecule has 0 saturated heterocycles. The van der Waals surface area contributed by atoms with Gasteiger partial charge in [0.25, 0.3) is 11.9 Å². The number of fused-ring (bicyclic) bond motifs is 2. The Hall–Kier alpha value is -8.24. The molecule has 103 heavy (non-hydrogen) atoms. The van der Waals surface area contributed by atoms with Gasteiger partial charge in [0.1, 0.15) is 36.3 Å². The molecule has 4 amide bonds. The SMILES string of the molecule is CCC(=O)CCCOCCOCCNC(=O)NCCOCCOCCOCCOc1ccc(-c2nc(N=C(N)N)nc3ccc(Cl)cc23)cc1.CCCCNC(=O)NCCOCCOCCCC(=O)CCCOCCOCCOCCOc1ccc(-c2nc(N=C(N)N)nc3ccc(Cl)cc23)cc1. The second-order valence-electron chi connectivity index (χ2n) is 22.5. The van der Waals surface area contributed by atoms with Crippen molar-refractivity contribution >= 4 is 92.5 Å². The molecule has 30 nitrogen and oxygen atoms in total. The number of aromatic nitrogens is 4. The van der Waals surface area contributed by atoms with Crippen LogP contribution in [-0.2, 0) is 57.0 Å². The number of unbranched alkanes of at least 4 members (excludes halogenated alkanes) is 1. The van der Waals surface area contributed by atoms with E-state index in [0.717, 1.165) is 41.2 Å². The van der Waals surface area contributed by atoms with Crippen LogP contribution < -0.4 is 53.7 Å². The highest BCUT2D eigenvalue weighted by Gasteiger charge is 2.14. The molecule has 0 fully saturated rings. The van der Waals surface area contributed by atoms with E-state index in [1.807, 2.05) is 55.5 Å². The molecule has 0 aliphatic heterocycles. The summed E-state index contributed by atoms with van der Waals surface area (Å²) in [6, 6.07) is 25.2. The van der Waals surface area contributed by atoms with Crippen molar-refractivity contribution in [2.45, 2.75) is 71.6 Å². The molecule has 12 N–H and O–H groups in total. The fourth-order valence-corrected chi connectivity index (χ4v) is 9.50. The highest BCUT2D eigenvalue weighted by Crippen LogP contribution is 2.33. The first-order valence-corrected chi connectivity index (χ1v) is 35.4. The number of halogens is 2. The molecule has 0 aliphatic carbocycles. The number of nitrogens with two attached hydrogens (primary N) is 4. The van der Waals surface area contributed by atoms with Crippen LogP contribution in [0.4, 0.5) is 21.5 Å². The van der Waals surface area contributed by atoms with Gasteiger partial charge in [-0.05, 0) is 111 Å². The van der Waals surface area contributed by atoms with Gasteiger partial charge in [-0.25, -0.2) is 29.5 Å². The van der Waals surface area contributed by atoms with Crippen LogP contribution in [0.5, 0.6) is 11.5 Å². The Morgan fingerprint density at radius 1 is 0.379 bits per heavy atom. The topological polar surface area (TPSA) is 408 Å². The van der Waals surface area contributed by atoms with Gasteiger partial charge in [0.2, 0.25) is 0 Å². The summed E-state index contributed by atoms with van der Waals surface area (Å²) in [6.45, 7) is 15.4. The molecule has 0 atom stereocenters. The third-order valence-electron chi connectivity index (χ3n) is 14.3. The van der Waals surface area contributed by atoms with E-state index >= 15 is 0 Å². The summed E-state index contributed by atoms with van der Waals surface area (Å²) < 4.78 is 66.6. The van der Waals surface area contributed by atoms with Gasteiger partial charge in [-0.1, -0.05) is 43.5 Å². The molecular weight excluding hydrogens is 1380 g/mol. The molecule has 0 aliphatic rings. The second-order valence-corrected chi connectivity index (χ2v) is 23.3. The fourth-order valence-electron chi connectivity index (χ4n) is 9.16. The van der Waals surface area contributed by atoms with Crippen molar-refractivity contribution in [3.05, 3.63) is 95.0 Å². The normalized spacial score (nSPS) is 11.0. The maximum absolute atomic E-state index is 12.1. The Kier molecular flexibility index (Phi) is 44.4. The van der Waals surface area contributed by atoms with Crippen molar-refractivity contribution in [3.8, 4) is 34.0 Å². The van der Waals surface area contributed by atoms with Crippen LogP contribution in [0.25, 0.3) is 44.3 Å². The summed E-state index contributed by atoms with van der Waals surface area (Å²) in [6.07, 6.45) is 6.18. The third kappa shape index (κ3) is 38.7. The number of rotatable bonds is 55. The lowest BCUT2D eigenvalue weighted by Crippen LogP contribution is -2.39. The van der Waals surface area contributed by atoms with Gasteiger partial charge in [0, 0.05) is 104 Å². The average molecular weight is 1480 g/mol. The minimum absolute atomic E-state index is 0.130. The molecule has 0 unspecified atom stereocenters. The molecule has 0 spiro atoms. The zero-order valence-electron chi connectivity index (χ0n) is 59.1. The number of aliphatic imine (C=N–C) groups is 2. The standard InChI is InChI=1S/C37H54ClN7O8.C34H48ClN7O8/c1-2-3-14-41-37(47)42-15-18-50-21-19-48-16-4-6-30(46)7-5-17-49-20-22-51-23-24-52-25-26-53-31-11-8-28(9-12-31)34-32-27-29(38)10-13-33(32)43-36(44-34)45-35(39)40;1-2-27(43)4-3-13-45-16-17-46-14-11-38-34(44)39-12-15-47-18-19-48-20-21-49-22-23-50-28-8-5-25(6-9-28)31-29-24-26(35)7-10-30(29)40-33(41-31)42-32(36)37/h8-13,27H,2-7,14-26H2,1H3,(H2,41,42,47)(H4,39,40,43,44,45);5-10,24H,2-4,11-23H2,1H3,(H2,38,39,44)(H4,36,37,40,41,42). The van der Waals surface area contributed by atoms with E-state index < -0.39 is 0 Å². The van der Waals surface area contributed by atoms with Gasteiger partial charge in [-0.2, -0.15) is 9.98 Å². The minimum Gasteiger partial charge on any atom is -0.491 e. The van der Waals surface area contributed by atoms with Crippen LogP contribution in [0, 0.1) is 0 Å². The van der Waals surface area contributed by atoms with Crippen LogP contribution in [0.1, 0.15) is 71.6 Å². The Balaban J connectivity index is 0.000000371. The van der Waals surface area contributed by atoms with Crippen LogP contribution >= 0.6 is 23.2 Å². The number of ketones is 2. The maximum Gasteiger partial charge on any atom is 0.314 e. The monoisotopic (exact) mass is 1480 g/mol. The van der Waals surface area contributed by atoms with Gasteiger partial charge >= 0.3 is 12.1 Å². The molecular formula is C71H102Cl2N14O16. The van der Waals surface area contributed by atoms with Crippen LogP contribution in [0.3, 0.4) is 0 Å². The fraction of sp³-hybridized carbons (Fsp3) is 0.521. The largest absolute Gasteiger partial charge is 0.491 e. The number of amides is 4. The van der Waals surface area contributed by atoms with Gasteiger partial charge < -0.3 is 101 Å². The lowest BCUT2D eigenvalue weighted by atomic mass is 10.1. The molecule has 6 aromatic rings. The number of nitrogens with one attached hydrogen (secondary N) is 4. The molecule has 2 aromatic heterocycles. The van der Waals surface area contributed by atoms with E-state index in [9.17, 15) is 19.2 Å². The zero-order valence-corrected chi connectivity index (χ0v) is 60.6. The van der Waals surface area contributed by atoms with Crippen molar-refractivity contribution in [2.75, 3.05) is 172 Å². The molecule has 566 valence electrons. The van der Waals surface area contributed by atoms with Crippen molar-refractivity contribution in [3.63, 3.8) is 0 Å². The summed E-state index contributed by atoms with van der Waals surface area (Å²) in [4.78, 5) is 72.4. The first-order valence-electron chi connectivity index (χ1n) is 34.7. The number of guanidine groups is 2. The van der Waals surface area contributed by atoms with E-state index in [2.05, 4.69) is 58.1 Å². The number of carbonyl (C=O) groups excluding carboxylic acids is 4. The number of hydrogen-bond acceptors (Lipinski definition) is 22. The van der Waals surface area contributed by atoms with Crippen LogP contribution in [-0.4, -0.2) is 227 Å². The number of ether oxygens (including phenoxy) is 12. The molecule has 4 aromatic carbocycles. The highest BCUT2D eigenvalue weighted by molar-refractivity contribution is 6.31. The third-order valence-corrected chi connectivity index (χ3v) is 14.7. The van der Waals surface area contributed by atoms with E-state index in [1.165, 1.54) is 0 Å². The number of nitrogens with zero attached hydrogens (tertiary/aromatic N) is 6. The smallest absolute Gasteiger partial charge is 0.314 e. The average Bonchev–Trinajstić information content (AvgIpc) is 0.794. The van der Waals surface area contributed by atoms with Crippen molar-refractivity contribution < 1.29 is 76.0 Å². The molecule has 2 heterocycles. The molecule has 0 radical (unpaired) electrons. The predicted molar refractivity (Wildman–Crippen MR) is 396 cm³/mol. The van der Waals surface area contributed by atoms with E-state index in [-0.39, 0.29) is 47.4 Å². The lowest BCUT2D eigenvalue weighted by molar-refractivity contribution is -0.120. The molecule has 0 bridgehead atoms. The van der Waals surface area contributed by atoms with E-state index in [1.54, 1.807) is 36.4 Å². The van der Waals surface area contributed by atoms with Gasteiger partial charge in [0.05, 0.1) is 135 Å². The predicted octanol–water partition coefficient (Wildman–Crippen LogP) is 7.92. The lowest BCUT2D eigenvalue weighted by Gasteiger charge is -2.10. The number of carbonyl (C=O) groups is 4. The Labute approximate surface area is 612 Å². The Morgan fingerprint density at radius 3 is 1.04 bits per heavy atom. The quantitative estimate of drug-likeness (QED) is 0.0102. The summed E-state index contributed by atoms with van der Waals surface area (Å²) in [5.41, 5.74) is 26.4. The van der Waals surface area contributed by atoms with Crippen LogP contribution in [0.15, 0.2) is 94.9 Å². The minimum atomic E-state index is -0.288. The highest BCUT2D eigenvalue weighted by atomic mass is 35.5. The van der Waals surface area contributed by atoms with Gasteiger partial charge in [0.15, 0.2) is 11.9 Å². The first-order chi connectivity index (χ1) is 50.2. The second kappa shape index (κ2) is 53.5. The Morgan fingerprint density at radius 2 is 0.699 bits per heavy atom. The summed E-state index contributed by atoms with van der Waals surface area (Å²) >= 11 is 12.5. The number of urea groups is 2. The number of hydrogen-bond donors (Lipinski definition) is 8. The molecule has 0 saturated carbocycles. The summed E-state index contributed by atoms with van der Waals surface area (Å²) in [5.74, 6) is 1.87. The Bertz CT molecular complexity index is 3450. The van der Waals surface area contributed by atoms with Gasteiger partial charge in [-0.15, -0.1) is 0 Å². The number of benzene rings is 4. The molecule has 32 heteroatoms. The van der Waals surface area contributed by atoms with Crippen molar-refractivity contribution in [2.24, 2.45) is 32.9 Å². The van der Waals surface area contributed by atoms with Crippen molar-refractivity contribution in [1.82, 2.24) is 41.2 Å². The summed E-state index contributed by atoms with van der Waals surface area (Å²) in [5, 5.41) is 13.6. The maximum atomic E-state index is 12.1. The molecule has 6 rings (SSSR count). The first kappa shape index (κ1) is 85.4. The van der Waals surface area contributed by atoms with E-state index in [0.29, 0.717) is 254 Å². The van der Waals surface area contributed by atoms with Crippen LogP contribution in [0.2, 0.25) is 10.0 Å². The summed E-state index contributed by atoms with van der Waals surface area (Å²) in [7, 11) is 0.